The molecule has 2 aromatic heterocycles. The number of hydrogen-bond acceptors (Lipinski definition) is 6. The molecule has 21 heavy (non-hydrogen) atoms. The number of nitrogens with one attached hydrogen (secondary N) is 2. The number of rotatable bonds is 7. The Morgan fingerprint density at radius 3 is 3.00 bits per heavy atom. The highest BCUT2D eigenvalue weighted by Crippen LogP contribution is 2.05. The molecule has 8 heteroatoms. The van der Waals surface area contributed by atoms with Gasteiger partial charge in [0.15, 0.2) is 5.82 Å². The fourth-order valence-electron chi connectivity index (χ4n) is 1.63. The zero-order chi connectivity index (χ0) is 14.4. The molecule has 0 bridgehead atoms. The molecule has 2 heterocycles. The van der Waals surface area contributed by atoms with Crippen LogP contribution < -0.4 is 10.6 Å². The molecule has 0 saturated carbocycles. The Labute approximate surface area is 133 Å². The van der Waals surface area contributed by atoms with E-state index < -0.39 is 0 Å². The van der Waals surface area contributed by atoms with Crippen molar-refractivity contribution in [2.24, 2.45) is 0 Å². The van der Waals surface area contributed by atoms with Crippen molar-refractivity contribution in [3.8, 4) is 0 Å². The summed E-state index contributed by atoms with van der Waals surface area (Å²) in [5.41, 5.74) is 0.684. The summed E-state index contributed by atoms with van der Waals surface area (Å²) in [6.07, 6.45) is 1.26. The maximum Gasteiger partial charge on any atom is 0.252 e. The maximum absolute atomic E-state index is 11.7. The van der Waals surface area contributed by atoms with Crippen molar-refractivity contribution in [3.05, 3.63) is 34.1 Å². The average molecular weight is 331 g/mol. The highest BCUT2D eigenvalue weighted by Gasteiger charge is 2.10. The van der Waals surface area contributed by atoms with E-state index in [0.29, 0.717) is 36.3 Å². The van der Waals surface area contributed by atoms with E-state index in [9.17, 15) is 4.79 Å². The monoisotopic (exact) mass is 330 g/mol. The van der Waals surface area contributed by atoms with Crippen LogP contribution in [0, 0.1) is 0 Å². The predicted octanol–water partition coefficient (Wildman–Crippen LogP) is 1.68. The molecule has 0 fully saturated rings. The van der Waals surface area contributed by atoms with Gasteiger partial charge in [0.05, 0.1) is 0 Å². The molecule has 1 atom stereocenters. The van der Waals surface area contributed by atoms with Gasteiger partial charge in [-0.3, -0.25) is 4.79 Å². The lowest BCUT2D eigenvalue weighted by Crippen LogP contribution is -2.25. The molecule has 0 saturated heterocycles. The number of aromatic nitrogens is 2. The van der Waals surface area contributed by atoms with Gasteiger partial charge in [-0.1, -0.05) is 5.16 Å². The summed E-state index contributed by atoms with van der Waals surface area (Å²) in [5.74, 6) is 1.16. The summed E-state index contributed by atoms with van der Waals surface area (Å²) in [7, 11) is 1.89. The van der Waals surface area contributed by atoms with E-state index in [1.807, 2.05) is 17.8 Å². The zero-order valence-corrected chi connectivity index (χ0v) is 13.6. The number of carbonyl (C=O) groups is 1. The lowest BCUT2D eigenvalue weighted by atomic mass is 10.2. The lowest BCUT2D eigenvalue weighted by Gasteiger charge is -2.04. The van der Waals surface area contributed by atoms with Crippen molar-refractivity contribution in [1.82, 2.24) is 20.8 Å². The maximum atomic E-state index is 11.7. The van der Waals surface area contributed by atoms with Crippen molar-refractivity contribution in [3.63, 3.8) is 0 Å². The Bertz CT molecular complexity index is 544. The number of carbonyl (C=O) groups excluding carboxylic acids is 1. The van der Waals surface area contributed by atoms with Crippen LogP contribution in [0.15, 0.2) is 21.3 Å². The molecular weight excluding hydrogens is 312 g/mol. The predicted molar refractivity (Wildman–Crippen MR) is 84.1 cm³/mol. The van der Waals surface area contributed by atoms with Gasteiger partial charge in [-0.2, -0.15) is 16.3 Å². The van der Waals surface area contributed by atoms with Crippen LogP contribution >= 0.6 is 23.7 Å². The first-order valence-electron chi connectivity index (χ1n) is 6.48. The smallest absolute Gasteiger partial charge is 0.252 e. The summed E-state index contributed by atoms with van der Waals surface area (Å²) in [5, 5.41) is 13.6. The molecule has 0 aromatic carbocycles. The quantitative estimate of drug-likeness (QED) is 0.807. The second-order valence-electron chi connectivity index (χ2n) is 4.52. The van der Waals surface area contributed by atoms with E-state index in [-0.39, 0.29) is 18.3 Å². The minimum atomic E-state index is -0.0743. The van der Waals surface area contributed by atoms with Gasteiger partial charge in [-0.15, -0.1) is 12.4 Å². The molecular formula is C13H19ClN4O2S. The van der Waals surface area contributed by atoms with E-state index in [0.717, 1.165) is 6.42 Å². The number of nitrogens with zero attached hydrogens (tertiary/aromatic N) is 2. The molecule has 0 aliphatic heterocycles. The number of thiophene rings is 1. The second-order valence-corrected chi connectivity index (χ2v) is 5.30. The van der Waals surface area contributed by atoms with Gasteiger partial charge in [0, 0.05) is 36.4 Å². The number of halogens is 1. The van der Waals surface area contributed by atoms with Crippen LogP contribution in [-0.4, -0.2) is 35.7 Å². The first kappa shape index (κ1) is 17.6. The van der Waals surface area contributed by atoms with E-state index in [1.165, 1.54) is 11.3 Å². The molecule has 0 radical (unpaired) electrons. The molecule has 1 amide bonds. The third-order valence-electron chi connectivity index (χ3n) is 2.90. The van der Waals surface area contributed by atoms with Gasteiger partial charge < -0.3 is 15.2 Å². The number of amides is 1. The van der Waals surface area contributed by atoms with E-state index in [4.69, 9.17) is 4.52 Å². The topological polar surface area (TPSA) is 80.0 Å². The van der Waals surface area contributed by atoms with Crippen molar-refractivity contribution in [2.75, 3.05) is 13.6 Å². The number of hydrogen-bond donors (Lipinski definition) is 2. The Hall–Kier alpha value is -1.44. The SMILES string of the molecule is CNC(C)Cc1noc(CCNC(=O)c2ccsc2)n1.Cl. The van der Waals surface area contributed by atoms with Gasteiger partial charge in [0.2, 0.25) is 5.89 Å². The van der Waals surface area contributed by atoms with Gasteiger partial charge in [0.1, 0.15) is 0 Å². The van der Waals surface area contributed by atoms with Crippen LogP contribution in [-0.2, 0) is 12.8 Å². The normalized spacial score (nSPS) is 11.7. The molecule has 6 nitrogen and oxygen atoms in total. The van der Waals surface area contributed by atoms with Gasteiger partial charge in [0.25, 0.3) is 5.91 Å². The third-order valence-corrected chi connectivity index (χ3v) is 3.58. The highest BCUT2D eigenvalue weighted by molar-refractivity contribution is 7.08. The molecule has 2 aromatic rings. The zero-order valence-electron chi connectivity index (χ0n) is 12.0. The van der Waals surface area contributed by atoms with Crippen molar-refractivity contribution in [2.45, 2.75) is 25.8 Å². The summed E-state index contributed by atoms with van der Waals surface area (Å²) in [6.45, 7) is 2.54. The van der Waals surface area contributed by atoms with Crippen LogP contribution in [0.2, 0.25) is 0 Å². The molecule has 0 aliphatic carbocycles. The first-order valence-corrected chi connectivity index (χ1v) is 7.42. The molecule has 116 valence electrons. The van der Waals surface area contributed by atoms with E-state index in [2.05, 4.69) is 27.7 Å². The highest BCUT2D eigenvalue weighted by atomic mass is 35.5. The molecule has 0 spiro atoms. The van der Waals surface area contributed by atoms with E-state index >= 15 is 0 Å². The Morgan fingerprint density at radius 2 is 2.33 bits per heavy atom. The van der Waals surface area contributed by atoms with Crippen LogP contribution in [0.3, 0.4) is 0 Å². The van der Waals surface area contributed by atoms with Gasteiger partial charge >= 0.3 is 0 Å². The fraction of sp³-hybridized carbons (Fsp3) is 0.462. The van der Waals surface area contributed by atoms with Crippen molar-refractivity contribution >= 4 is 29.7 Å². The van der Waals surface area contributed by atoms with Crippen molar-refractivity contribution in [1.29, 1.82) is 0 Å². The first-order chi connectivity index (χ1) is 9.69. The Kier molecular flexibility index (Phi) is 7.35. The van der Waals surface area contributed by atoms with Crippen LogP contribution in [0.25, 0.3) is 0 Å². The largest absolute Gasteiger partial charge is 0.351 e. The Balaban J connectivity index is 0.00000220. The van der Waals surface area contributed by atoms with Gasteiger partial charge in [-0.25, -0.2) is 0 Å². The van der Waals surface area contributed by atoms with Crippen LogP contribution in [0.1, 0.15) is 29.0 Å². The van der Waals surface area contributed by atoms with E-state index in [1.54, 1.807) is 6.07 Å². The average Bonchev–Trinajstić information content (AvgIpc) is 3.10. The minimum absolute atomic E-state index is 0. The van der Waals surface area contributed by atoms with Crippen LogP contribution in [0.5, 0.6) is 0 Å². The standard InChI is InChI=1S/C13H18N4O2S.ClH/c1-9(14-2)7-11-16-12(19-17-11)3-5-15-13(18)10-4-6-20-8-10;/h4,6,8-9,14H,3,5,7H2,1-2H3,(H,15,18);1H. The van der Waals surface area contributed by atoms with Crippen molar-refractivity contribution < 1.29 is 9.32 Å². The Morgan fingerprint density at radius 1 is 1.52 bits per heavy atom. The minimum Gasteiger partial charge on any atom is -0.351 e. The summed E-state index contributed by atoms with van der Waals surface area (Å²) in [4.78, 5) is 16.0. The molecule has 0 aliphatic rings. The van der Waals surface area contributed by atoms with Gasteiger partial charge in [-0.05, 0) is 25.4 Å². The summed E-state index contributed by atoms with van der Waals surface area (Å²) >= 11 is 1.50. The number of likely N-dealkylation sites (N-methyl/N-ethyl adjacent to an activating group) is 1. The second kappa shape index (κ2) is 8.76. The molecule has 1 unspecified atom stereocenters. The molecule has 2 rings (SSSR count). The fourth-order valence-corrected chi connectivity index (χ4v) is 2.27. The lowest BCUT2D eigenvalue weighted by molar-refractivity contribution is 0.0954. The molecule has 2 N–H and O–H groups in total. The van der Waals surface area contributed by atoms with Crippen LogP contribution in [0.4, 0.5) is 0 Å². The summed E-state index contributed by atoms with van der Waals surface area (Å²) < 4.78 is 5.14. The third kappa shape index (κ3) is 5.45. The summed E-state index contributed by atoms with van der Waals surface area (Å²) in [6, 6.07) is 2.10.